The molecule has 8 heteroatoms. The third-order valence-corrected chi connectivity index (χ3v) is 8.06. The van der Waals surface area contributed by atoms with E-state index in [0.29, 0.717) is 28.6 Å². The van der Waals surface area contributed by atoms with Gasteiger partial charge in [0, 0.05) is 10.0 Å². The number of carbonyl (C=O) groups excluding carboxylic acids is 2. The second kappa shape index (κ2) is 10.7. The van der Waals surface area contributed by atoms with E-state index in [9.17, 15) is 14.7 Å². The minimum Gasteiger partial charge on any atom is -0.507 e. The van der Waals surface area contributed by atoms with Crippen LogP contribution in [0, 0.1) is 13.8 Å². The first-order valence-electron chi connectivity index (χ1n) is 12.5. The fraction of sp³-hybridized carbons (Fsp3) is 0.233. The molecule has 0 radical (unpaired) electrons. The van der Waals surface area contributed by atoms with Crippen molar-refractivity contribution >= 4 is 60.1 Å². The number of hydrogen-bond acceptors (Lipinski definition) is 6. The van der Waals surface area contributed by atoms with E-state index in [-0.39, 0.29) is 11.3 Å². The molecule has 1 atom stereocenters. The maximum atomic E-state index is 13.5. The highest BCUT2D eigenvalue weighted by molar-refractivity contribution is 9.10. The van der Waals surface area contributed by atoms with Gasteiger partial charge in [-0.3, -0.25) is 14.5 Å². The number of ketones is 1. The molecule has 4 aromatic rings. The van der Waals surface area contributed by atoms with Gasteiger partial charge in [0.2, 0.25) is 0 Å². The lowest BCUT2D eigenvalue weighted by Gasteiger charge is -2.23. The van der Waals surface area contributed by atoms with Crippen molar-refractivity contribution in [2.45, 2.75) is 39.7 Å². The minimum absolute atomic E-state index is 0.0233. The van der Waals surface area contributed by atoms with E-state index in [0.717, 1.165) is 38.7 Å². The van der Waals surface area contributed by atoms with Gasteiger partial charge in [-0.15, -0.1) is 0 Å². The third-order valence-electron chi connectivity index (χ3n) is 6.53. The molecule has 1 unspecified atom stereocenters. The number of aromatic nitrogens is 1. The molecule has 38 heavy (non-hydrogen) atoms. The summed E-state index contributed by atoms with van der Waals surface area (Å²) >= 11 is 4.82. The van der Waals surface area contributed by atoms with Crippen molar-refractivity contribution in [1.82, 2.24) is 4.98 Å². The second-order valence-electron chi connectivity index (χ2n) is 9.38. The van der Waals surface area contributed by atoms with Crippen LogP contribution in [0.2, 0.25) is 0 Å². The van der Waals surface area contributed by atoms with Gasteiger partial charge in [0.15, 0.2) is 5.13 Å². The summed E-state index contributed by atoms with van der Waals surface area (Å²) in [4.78, 5) is 33.2. The van der Waals surface area contributed by atoms with Crippen LogP contribution in [0.25, 0.3) is 16.0 Å². The van der Waals surface area contributed by atoms with Crippen LogP contribution >= 0.6 is 27.3 Å². The number of rotatable bonds is 7. The van der Waals surface area contributed by atoms with Gasteiger partial charge in [-0.05, 0) is 67.3 Å². The molecule has 0 aliphatic carbocycles. The van der Waals surface area contributed by atoms with Crippen molar-refractivity contribution in [1.29, 1.82) is 0 Å². The van der Waals surface area contributed by atoms with Crippen LogP contribution in [-0.4, -0.2) is 28.4 Å². The standard InChI is InChI=1S/C30H27BrN2O4S/c1-4-5-13-37-22-8-6-7-20(16-22)27(34)24-26(19-9-11-21(31)12-10-19)33(29(36)28(24)35)30-32-25-18(3)14-17(2)15-23(25)38-30/h6-12,14-16,26,34H,4-5,13H2,1-3H3. The summed E-state index contributed by atoms with van der Waals surface area (Å²) in [6.45, 7) is 6.63. The van der Waals surface area contributed by atoms with E-state index in [1.165, 1.54) is 16.2 Å². The van der Waals surface area contributed by atoms with E-state index in [4.69, 9.17) is 9.72 Å². The molecule has 1 N–H and O–H groups in total. The largest absolute Gasteiger partial charge is 0.507 e. The normalized spacial score (nSPS) is 16.9. The molecule has 3 aromatic carbocycles. The van der Waals surface area contributed by atoms with E-state index < -0.39 is 17.7 Å². The van der Waals surface area contributed by atoms with Crippen LogP contribution in [-0.2, 0) is 9.59 Å². The molecular formula is C30H27BrN2O4S. The Bertz CT molecular complexity index is 1580. The summed E-state index contributed by atoms with van der Waals surface area (Å²) in [5, 5.41) is 11.9. The zero-order valence-corrected chi connectivity index (χ0v) is 23.7. The number of thiazole rings is 1. The van der Waals surface area contributed by atoms with Crippen molar-refractivity contribution < 1.29 is 19.4 Å². The molecule has 2 heterocycles. The summed E-state index contributed by atoms with van der Waals surface area (Å²) < 4.78 is 7.61. The summed E-state index contributed by atoms with van der Waals surface area (Å²) in [5.74, 6) is -1.12. The number of halogens is 1. The highest BCUT2D eigenvalue weighted by atomic mass is 79.9. The Balaban J connectivity index is 1.66. The lowest BCUT2D eigenvalue weighted by Crippen LogP contribution is -2.29. The van der Waals surface area contributed by atoms with Gasteiger partial charge in [0.1, 0.15) is 11.5 Å². The van der Waals surface area contributed by atoms with Gasteiger partial charge in [-0.2, -0.15) is 0 Å². The van der Waals surface area contributed by atoms with Crippen LogP contribution in [0.5, 0.6) is 5.75 Å². The topological polar surface area (TPSA) is 79.7 Å². The average Bonchev–Trinajstić information content (AvgIpc) is 3.43. The minimum atomic E-state index is -0.838. The molecule has 6 nitrogen and oxygen atoms in total. The number of benzene rings is 3. The van der Waals surface area contributed by atoms with E-state index in [2.05, 4.69) is 22.9 Å². The fourth-order valence-electron chi connectivity index (χ4n) is 4.68. The fourth-order valence-corrected chi connectivity index (χ4v) is 6.11. The molecule has 1 aliphatic rings. The van der Waals surface area contributed by atoms with Gasteiger partial charge >= 0.3 is 5.91 Å². The molecule has 0 saturated carbocycles. The van der Waals surface area contributed by atoms with E-state index >= 15 is 0 Å². The van der Waals surface area contributed by atoms with Crippen LogP contribution in [0.3, 0.4) is 0 Å². The number of aryl methyl sites for hydroxylation is 2. The Labute approximate surface area is 233 Å². The highest BCUT2D eigenvalue weighted by Gasteiger charge is 2.48. The number of unbranched alkanes of at least 4 members (excludes halogenated alkanes) is 1. The highest BCUT2D eigenvalue weighted by Crippen LogP contribution is 2.45. The van der Waals surface area contributed by atoms with Crippen molar-refractivity contribution in [2.75, 3.05) is 11.5 Å². The average molecular weight is 592 g/mol. The number of amides is 1. The van der Waals surface area contributed by atoms with E-state index in [1.807, 2.05) is 56.3 Å². The Morgan fingerprint density at radius 2 is 1.87 bits per heavy atom. The summed E-state index contributed by atoms with van der Waals surface area (Å²) in [7, 11) is 0. The first-order valence-corrected chi connectivity index (χ1v) is 14.1. The van der Waals surface area contributed by atoms with Crippen LogP contribution in [0.1, 0.15) is 48.1 Å². The van der Waals surface area contributed by atoms with Gasteiger partial charge < -0.3 is 9.84 Å². The summed E-state index contributed by atoms with van der Waals surface area (Å²) in [5.41, 5.74) is 4.02. The van der Waals surface area contributed by atoms with Gasteiger partial charge in [0.05, 0.1) is 28.4 Å². The molecule has 1 amide bonds. The van der Waals surface area contributed by atoms with Crippen molar-refractivity contribution in [3.8, 4) is 5.75 Å². The summed E-state index contributed by atoms with van der Waals surface area (Å²) in [6.07, 6.45) is 1.91. The number of carbonyl (C=O) groups is 2. The van der Waals surface area contributed by atoms with Gasteiger partial charge in [-0.1, -0.05) is 70.9 Å². The maximum absolute atomic E-state index is 13.5. The number of fused-ring (bicyclic) bond motifs is 1. The molecule has 1 aromatic heterocycles. The molecule has 1 aliphatic heterocycles. The van der Waals surface area contributed by atoms with Crippen LogP contribution in [0.4, 0.5) is 5.13 Å². The number of hydrogen-bond donors (Lipinski definition) is 1. The number of anilines is 1. The van der Waals surface area contributed by atoms with E-state index in [1.54, 1.807) is 18.2 Å². The number of Topliss-reactive ketones (excluding diaryl/α,β-unsaturated/α-hetero) is 1. The molecular weight excluding hydrogens is 564 g/mol. The SMILES string of the molecule is CCCCOc1cccc(C(O)=C2C(=O)C(=O)N(c3nc4c(C)cc(C)cc4s3)C2c2ccc(Br)cc2)c1. The van der Waals surface area contributed by atoms with Crippen LogP contribution < -0.4 is 9.64 Å². The van der Waals surface area contributed by atoms with Crippen molar-refractivity contribution in [3.63, 3.8) is 0 Å². The van der Waals surface area contributed by atoms with Crippen LogP contribution in [0.15, 0.2) is 70.7 Å². The molecule has 194 valence electrons. The Morgan fingerprint density at radius 1 is 1.11 bits per heavy atom. The number of ether oxygens (including phenoxy) is 1. The van der Waals surface area contributed by atoms with Crippen molar-refractivity contribution in [2.24, 2.45) is 0 Å². The molecule has 0 bridgehead atoms. The second-order valence-corrected chi connectivity index (χ2v) is 11.3. The predicted octanol–water partition coefficient (Wildman–Crippen LogP) is 7.48. The number of aliphatic hydroxyl groups excluding tert-OH is 1. The van der Waals surface area contributed by atoms with Gasteiger partial charge in [-0.25, -0.2) is 4.98 Å². The third kappa shape index (κ3) is 4.86. The first kappa shape index (κ1) is 26.1. The zero-order chi connectivity index (χ0) is 27.0. The lowest BCUT2D eigenvalue weighted by molar-refractivity contribution is -0.132. The summed E-state index contributed by atoms with van der Waals surface area (Å²) in [6, 6.07) is 17.6. The lowest BCUT2D eigenvalue weighted by atomic mass is 9.95. The maximum Gasteiger partial charge on any atom is 0.301 e. The Morgan fingerprint density at radius 3 is 2.61 bits per heavy atom. The molecule has 1 saturated heterocycles. The number of nitrogens with zero attached hydrogens (tertiary/aromatic N) is 2. The smallest absolute Gasteiger partial charge is 0.301 e. The Hall–Kier alpha value is -3.49. The monoisotopic (exact) mass is 590 g/mol. The van der Waals surface area contributed by atoms with Crippen molar-refractivity contribution in [3.05, 3.63) is 93.0 Å². The Kier molecular flexibility index (Phi) is 7.36. The quantitative estimate of drug-likeness (QED) is 0.104. The first-order chi connectivity index (χ1) is 18.3. The van der Waals surface area contributed by atoms with Gasteiger partial charge in [0.25, 0.3) is 5.78 Å². The molecule has 5 rings (SSSR count). The molecule has 0 spiro atoms. The zero-order valence-electron chi connectivity index (χ0n) is 21.3. The number of aliphatic hydroxyl groups is 1. The predicted molar refractivity (Wildman–Crippen MR) is 155 cm³/mol. The molecule has 1 fully saturated rings.